The number of halogens is 6. The van der Waals surface area contributed by atoms with Crippen LogP contribution in [0.5, 0.6) is 0 Å². The number of hydrogen-bond donors (Lipinski definition) is 0. The van der Waals surface area contributed by atoms with Crippen molar-refractivity contribution in [2.24, 2.45) is 9.74 Å². The molecule has 0 atom stereocenters. The Morgan fingerprint density at radius 1 is 1.17 bits per heavy atom. The van der Waals surface area contributed by atoms with Crippen LogP contribution >= 0.6 is 73.6 Å². The van der Waals surface area contributed by atoms with E-state index in [1.165, 1.54) is 0 Å². The van der Waals surface area contributed by atoms with Crippen LogP contribution in [0.4, 0.5) is 0 Å². The van der Waals surface area contributed by atoms with Crippen LogP contribution < -0.4 is 0 Å². The zero-order chi connectivity index (χ0) is 9.78. The fourth-order valence-electron chi connectivity index (χ4n) is 0.228. The zero-order valence-corrected chi connectivity index (χ0v) is 10.6. The van der Waals surface area contributed by atoms with Crippen LogP contribution in [0.15, 0.2) is 20.4 Å². The molecule has 0 saturated carbocycles. The molecule has 0 aromatic heterocycles. The van der Waals surface area contributed by atoms with Gasteiger partial charge in [0.25, 0.3) is 0 Å². The Labute approximate surface area is 98.9 Å². The minimum Gasteiger partial charge on any atom is -0.205 e. The molecule has 70 valence electrons. The highest BCUT2D eigenvalue weighted by Gasteiger charge is 2.06. The van der Waals surface area contributed by atoms with Crippen molar-refractivity contribution in [2.75, 3.05) is 0 Å². The summed E-state index contributed by atoms with van der Waals surface area (Å²) in [6.07, 6.45) is 0. The van der Waals surface area contributed by atoms with E-state index in [2.05, 4.69) is 9.74 Å². The maximum atomic E-state index is 5.41. The molecule has 0 fully saturated rings. The van der Waals surface area contributed by atoms with Crippen LogP contribution in [0.3, 0.4) is 0 Å². The average Bonchev–Trinajstić information content (AvgIpc) is 1.82. The minimum absolute atomic E-state index is 0.0381. The normalized spacial score (nSPS) is 14.8. The van der Waals surface area contributed by atoms with Crippen LogP contribution in [0.2, 0.25) is 0 Å². The Morgan fingerprint density at radius 2 is 1.67 bits per heavy atom. The van der Waals surface area contributed by atoms with Crippen LogP contribution in [0.1, 0.15) is 0 Å². The third-order valence-electron chi connectivity index (χ3n) is 0.485. The summed E-state index contributed by atoms with van der Waals surface area (Å²) in [6, 6.07) is 0. The van der Waals surface area contributed by atoms with Gasteiger partial charge in [-0.3, -0.25) is 0 Å². The topological polar surface area (TPSA) is 24.7 Å². The Hall–Kier alpha value is 1.38. The van der Waals surface area contributed by atoms with Gasteiger partial charge in [0.2, 0.25) is 10.4 Å². The van der Waals surface area contributed by atoms with Crippen molar-refractivity contribution in [1.82, 2.24) is 0 Å². The molecular weight excluding hydrogens is 308 g/mol. The highest BCUT2D eigenvalue weighted by molar-refractivity contribution is 8.26. The lowest BCUT2D eigenvalue weighted by Crippen LogP contribution is -1.76. The number of aliphatic imine (C=N–C) groups is 1. The van der Waals surface area contributed by atoms with E-state index in [1.54, 1.807) is 0 Å². The van der Waals surface area contributed by atoms with Crippen molar-refractivity contribution < 1.29 is 0 Å². The number of amidine groups is 1. The molecule has 0 amide bonds. The fourth-order valence-corrected chi connectivity index (χ4v) is 2.06. The fraction of sp³-hybridized carbons (Fsp3) is 0. The van der Waals surface area contributed by atoms with Gasteiger partial charge in [0.05, 0.1) is 0 Å². The Balaban J connectivity index is 4.64. The summed E-state index contributed by atoms with van der Waals surface area (Å²) in [5.41, 5.74) is 1.01. The summed E-state index contributed by atoms with van der Waals surface area (Å²) in [5, 5.41) is -3.17. The summed E-state index contributed by atoms with van der Waals surface area (Å²) in [4.78, 5) is 3.47. The Bertz CT molecular complexity index is 256. The maximum absolute atomic E-state index is 5.41. The minimum atomic E-state index is -2.89. The van der Waals surface area contributed by atoms with Gasteiger partial charge in [-0.05, 0) is 45.3 Å². The van der Waals surface area contributed by atoms with Crippen molar-refractivity contribution in [3.05, 3.63) is 10.7 Å². The second kappa shape index (κ2) is 5.98. The van der Waals surface area contributed by atoms with Gasteiger partial charge in [-0.1, -0.05) is 23.2 Å². The molecule has 0 aliphatic heterocycles. The van der Waals surface area contributed by atoms with E-state index in [9.17, 15) is 0 Å². The molecule has 0 unspecified atom stereocenters. The molecule has 0 rings (SSSR count). The molecule has 9 heteroatoms. The molecule has 0 aromatic carbocycles. The quantitative estimate of drug-likeness (QED) is 0.264. The Kier molecular flexibility index (Phi) is 6.66. The highest BCUT2D eigenvalue weighted by Crippen LogP contribution is 2.65. The van der Waals surface area contributed by atoms with E-state index in [0.717, 1.165) is 5.54 Å². The van der Waals surface area contributed by atoms with E-state index < -0.39 is 5.11 Å². The summed E-state index contributed by atoms with van der Waals surface area (Å²) in [7, 11) is 0. The molecule has 12 heavy (non-hydrogen) atoms. The van der Waals surface area contributed by atoms with Gasteiger partial charge in [0.15, 0.2) is 0 Å². The predicted octanol–water partition coefficient (Wildman–Crippen LogP) is 5.52. The van der Waals surface area contributed by atoms with E-state index in [0.29, 0.717) is 0 Å². The molecule has 2 nitrogen and oxygen atoms in total. The first-order chi connectivity index (χ1) is 5.35. The van der Waals surface area contributed by atoms with Gasteiger partial charge in [-0.15, -0.1) is 0 Å². The lowest BCUT2D eigenvalue weighted by molar-refractivity contribution is 1.51. The van der Waals surface area contributed by atoms with Gasteiger partial charge in [-0.2, -0.15) is 4.74 Å². The van der Waals surface area contributed by atoms with E-state index in [1.807, 2.05) is 0 Å². The van der Waals surface area contributed by atoms with Crippen molar-refractivity contribution in [3.63, 3.8) is 0 Å². The van der Waals surface area contributed by atoms with Gasteiger partial charge in [0.1, 0.15) is 5.16 Å². The van der Waals surface area contributed by atoms with Gasteiger partial charge in [-0.25, -0.2) is 4.99 Å². The van der Waals surface area contributed by atoms with Gasteiger partial charge < -0.3 is 0 Å². The van der Waals surface area contributed by atoms with Crippen LogP contribution in [0, 0.1) is 0 Å². The number of rotatable bonds is 1. The molecule has 0 radical (unpaired) electrons. The van der Waals surface area contributed by atoms with E-state index in [4.69, 9.17) is 68.5 Å². The third kappa shape index (κ3) is 8.00. The van der Waals surface area contributed by atoms with Crippen molar-refractivity contribution >= 4 is 78.9 Å². The largest absolute Gasteiger partial charge is 0.231 e. The highest BCUT2D eigenvalue weighted by atomic mass is 36.0. The van der Waals surface area contributed by atoms with Crippen molar-refractivity contribution in [3.8, 4) is 0 Å². The lowest BCUT2D eigenvalue weighted by Gasteiger charge is -1.94. The molecule has 0 N–H and O–H groups in total. The van der Waals surface area contributed by atoms with Crippen molar-refractivity contribution in [2.45, 2.75) is 0 Å². The monoisotopic (exact) mass is 306 g/mol. The van der Waals surface area contributed by atoms with Gasteiger partial charge >= 0.3 is 0 Å². The molecule has 0 saturated heterocycles. The first-order valence-electron chi connectivity index (χ1n) is 2.26. The van der Waals surface area contributed by atoms with Crippen LogP contribution in [-0.2, 0) is 0 Å². The molecule has 0 heterocycles. The molecular formula is C3HCl6N2P. The maximum Gasteiger partial charge on any atom is 0.231 e. The Morgan fingerprint density at radius 3 is 2.00 bits per heavy atom. The summed E-state index contributed by atoms with van der Waals surface area (Å²) in [6.45, 7) is 0. The molecule has 0 spiro atoms. The predicted molar refractivity (Wildman–Crippen MR) is 60.0 cm³/mol. The SMILES string of the molecule is Cl/C=C(Cl)/N=C(\Cl)N=P(Cl)(Cl)Cl. The lowest BCUT2D eigenvalue weighted by atomic mass is 11.0. The number of nitrogens with zero attached hydrogens (tertiary/aromatic N) is 2. The first-order valence-corrected chi connectivity index (χ1v) is 7.91. The smallest absolute Gasteiger partial charge is 0.205 e. The summed E-state index contributed by atoms with van der Waals surface area (Å²) < 4.78 is 3.44. The first kappa shape index (κ1) is 13.4. The summed E-state index contributed by atoms with van der Waals surface area (Å²) >= 11 is 32.1. The average molecular weight is 309 g/mol. The third-order valence-corrected chi connectivity index (χ3v) is 2.38. The molecule has 0 aromatic rings. The van der Waals surface area contributed by atoms with E-state index >= 15 is 0 Å². The number of hydrogen-bond acceptors (Lipinski definition) is 1. The summed E-state index contributed by atoms with van der Waals surface area (Å²) in [5.74, 6) is 0. The second-order valence-electron chi connectivity index (χ2n) is 1.33. The van der Waals surface area contributed by atoms with E-state index in [-0.39, 0.29) is 10.5 Å². The van der Waals surface area contributed by atoms with Crippen LogP contribution in [0.25, 0.3) is 0 Å². The van der Waals surface area contributed by atoms with Crippen LogP contribution in [-0.4, -0.2) is 5.29 Å². The molecule has 0 aliphatic carbocycles. The standard InChI is InChI=1S/C3HCl6N2P/c4-1-2(5)10-3(6)11-12(7,8)9/h1H/b2-1+,10-3+. The molecule has 0 bridgehead atoms. The second-order valence-corrected chi connectivity index (χ2v) is 9.27. The van der Waals surface area contributed by atoms with Gasteiger partial charge in [0, 0.05) is 5.54 Å². The molecule has 0 aliphatic rings. The zero-order valence-electron chi connectivity index (χ0n) is 5.19. The van der Waals surface area contributed by atoms with Crippen molar-refractivity contribution in [1.29, 1.82) is 0 Å².